The lowest BCUT2D eigenvalue weighted by atomic mass is 10.2. The van der Waals surface area contributed by atoms with Crippen LogP contribution in [0.25, 0.3) is 6.08 Å². The summed E-state index contributed by atoms with van der Waals surface area (Å²) in [6.45, 7) is 4.23. The van der Waals surface area contributed by atoms with Crippen molar-refractivity contribution in [2.75, 3.05) is 13.2 Å². The van der Waals surface area contributed by atoms with Crippen LogP contribution in [0.2, 0.25) is 0 Å². The van der Waals surface area contributed by atoms with E-state index in [0.29, 0.717) is 11.0 Å². The van der Waals surface area contributed by atoms with E-state index < -0.39 is 26.2 Å². The molecule has 0 aromatic heterocycles. The molecule has 0 unspecified atom stereocenters. The Labute approximate surface area is 140 Å². The third-order valence-corrected chi connectivity index (χ3v) is 4.31. The summed E-state index contributed by atoms with van der Waals surface area (Å²) in [4.78, 5) is 11.0. The van der Waals surface area contributed by atoms with Crippen molar-refractivity contribution < 1.29 is 35.1 Å². The summed E-state index contributed by atoms with van der Waals surface area (Å²) in [5, 5.41) is 0.572. The van der Waals surface area contributed by atoms with Gasteiger partial charge in [0.25, 0.3) is 20.2 Å². The van der Waals surface area contributed by atoms with Crippen molar-refractivity contribution in [1.29, 1.82) is 0 Å². The SMILES string of the molecule is C=C(C)C(=O)OCCOS(=O)(=O)c1ccc(C=CS(=O)(=O)O)cc1. The molecule has 0 saturated heterocycles. The van der Waals surface area contributed by atoms with E-state index in [1.165, 1.54) is 31.2 Å². The lowest BCUT2D eigenvalue weighted by molar-refractivity contribution is -0.139. The minimum atomic E-state index is -4.26. The highest BCUT2D eigenvalue weighted by Crippen LogP contribution is 2.14. The van der Waals surface area contributed by atoms with Gasteiger partial charge in [-0.15, -0.1) is 0 Å². The zero-order valence-corrected chi connectivity index (χ0v) is 14.3. The third kappa shape index (κ3) is 7.04. The Bertz CT molecular complexity index is 833. The lowest BCUT2D eigenvalue weighted by Crippen LogP contribution is -2.14. The number of carbonyl (C=O) groups is 1. The Hall–Kier alpha value is -2.01. The van der Waals surface area contributed by atoms with Crippen LogP contribution in [-0.4, -0.2) is 40.6 Å². The van der Waals surface area contributed by atoms with Crippen LogP contribution in [0.4, 0.5) is 0 Å². The fourth-order valence-corrected chi connectivity index (χ4v) is 2.60. The number of hydrogen-bond donors (Lipinski definition) is 1. The molecular weight excluding hydrogens is 360 g/mol. The number of ether oxygens (including phenoxy) is 1. The molecular formula is C14H16O8S2. The van der Waals surface area contributed by atoms with Crippen molar-refractivity contribution in [1.82, 2.24) is 0 Å². The molecule has 132 valence electrons. The zero-order valence-electron chi connectivity index (χ0n) is 12.7. The Morgan fingerprint density at radius 2 is 1.75 bits per heavy atom. The van der Waals surface area contributed by atoms with E-state index in [1.807, 2.05) is 0 Å². The fraction of sp³-hybridized carbons (Fsp3) is 0.214. The average Bonchev–Trinajstić information content (AvgIpc) is 2.49. The van der Waals surface area contributed by atoms with Gasteiger partial charge in [0.2, 0.25) is 0 Å². The van der Waals surface area contributed by atoms with Crippen molar-refractivity contribution in [3.05, 3.63) is 47.4 Å². The molecule has 0 spiro atoms. The van der Waals surface area contributed by atoms with Gasteiger partial charge in [-0.2, -0.15) is 16.8 Å². The van der Waals surface area contributed by atoms with Gasteiger partial charge in [-0.3, -0.25) is 8.74 Å². The van der Waals surface area contributed by atoms with Gasteiger partial charge in [-0.1, -0.05) is 18.7 Å². The number of rotatable bonds is 8. The molecule has 1 N–H and O–H groups in total. The van der Waals surface area contributed by atoms with Crippen molar-refractivity contribution in [3.8, 4) is 0 Å². The van der Waals surface area contributed by atoms with E-state index in [1.54, 1.807) is 0 Å². The quantitative estimate of drug-likeness (QED) is 0.237. The Balaban J connectivity index is 2.66. The molecule has 24 heavy (non-hydrogen) atoms. The highest BCUT2D eigenvalue weighted by Gasteiger charge is 2.15. The van der Waals surface area contributed by atoms with Gasteiger partial charge in [0, 0.05) is 5.57 Å². The van der Waals surface area contributed by atoms with Gasteiger partial charge < -0.3 is 4.74 Å². The largest absolute Gasteiger partial charge is 0.460 e. The van der Waals surface area contributed by atoms with E-state index in [-0.39, 0.29) is 23.7 Å². The highest BCUT2D eigenvalue weighted by atomic mass is 32.2. The molecule has 0 bridgehead atoms. The lowest BCUT2D eigenvalue weighted by Gasteiger charge is -2.07. The summed E-state index contributed by atoms with van der Waals surface area (Å²) in [6, 6.07) is 5.08. The second-order valence-corrected chi connectivity index (χ2v) is 7.50. The van der Waals surface area contributed by atoms with Gasteiger partial charge in [0.1, 0.15) is 13.2 Å². The van der Waals surface area contributed by atoms with Gasteiger partial charge in [-0.05, 0) is 30.7 Å². The van der Waals surface area contributed by atoms with Crippen LogP contribution in [0.1, 0.15) is 12.5 Å². The third-order valence-electron chi connectivity index (χ3n) is 2.50. The predicted molar refractivity (Wildman–Crippen MR) is 85.9 cm³/mol. The summed E-state index contributed by atoms with van der Waals surface area (Å²) in [6.07, 6.45) is 1.10. The smallest absolute Gasteiger partial charge is 0.333 e. The van der Waals surface area contributed by atoms with Crippen LogP contribution >= 0.6 is 0 Å². The van der Waals surface area contributed by atoms with Crippen LogP contribution in [0.5, 0.6) is 0 Å². The van der Waals surface area contributed by atoms with E-state index in [2.05, 4.69) is 6.58 Å². The van der Waals surface area contributed by atoms with Crippen LogP contribution in [0.15, 0.2) is 46.7 Å². The van der Waals surface area contributed by atoms with E-state index in [9.17, 15) is 21.6 Å². The van der Waals surface area contributed by atoms with Gasteiger partial charge in [0.15, 0.2) is 0 Å². The Kier molecular flexibility index (Phi) is 6.84. The molecule has 0 aliphatic carbocycles. The Morgan fingerprint density at radius 1 is 1.17 bits per heavy atom. The molecule has 1 rings (SSSR count). The second-order valence-electron chi connectivity index (χ2n) is 4.58. The first-order valence-corrected chi connectivity index (χ1v) is 9.40. The van der Waals surface area contributed by atoms with Crippen molar-refractivity contribution >= 4 is 32.3 Å². The van der Waals surface area contributed by atoms with Gasteiger partial charge in [-0.25, -0.2) is 4.79 Å². The number of hydrogen-bond acceptors (Lipinski definition) is 7. The van der Waals surface area contributed by atoms with Crippen molar-refractivity contribution in [2.45, 2.75) is 11.8 Å². The fourth-order valence-electron chi connectivity index (χ4n) is 1.38. The van der Waals surface area contributed by atoms with E-state index >= 15 is 0 Å². The first-order valence-electron chi connectivity index (χ1n) is 6.49. The minimum Gasteiger partial charge on any atom is -0.460 e. The number of carbonyl (C=O) groups excluding carboxylic acids is 1. The molecule has 10 heteroatoms. The molecule has 0 aliphatic heterocycles. The molecule has 0 radical (unpaired) electrons. The summed E-state index contributed by atoms with van der Waals surface area (Å²) in [5.74, 6) is -0.647. The number of esters is 1. The summed E-state index contributed by atoms with van der Waals surface area (Å²) in [5.41, 5.74) is 0.549. The van der Waals surface area contributed by atoms with Crippen LogP contribution in [0, 0.1) is 0 Å². The molecule has 0 atom stereocenters. The molecule has 1 aromatic carbocycles. The van der Waals surface area contributed by atoms with Crippen LogP contribution < -0.4 is 0 Å². The normalized spacial score (nSPS) is 12.2. The summed E-state index contributed by atoms with van der Waals surface area (Å²) < 4.78 is 63.0. The van der Waals surface area contributed by atoms with Gasteiger partial charge >= 0.3 is 5.97 Å². The summed E-state index contributed by atoms with van der Waals surface area (Å²) in [7, 11) is -8.30. The molecule has 0 saturated carbocycles. The van der Waals surface area contributed by atoms with Crippen LogP contribution in [0.3, 0.4) is 0 Å². The first kappa shape index (κ1) is 20.0. The summed E-state index contributed by atoms with van der Waals surface area (Å²) >= 11 is 0. The van der Waals surface area contributed by atoms with Crippen molar-refractivity contribution in [2.24, 2.45) is 0 Å². The van der Waals surface area contributed by atoms with E-state index in [4.69, 9.17) is 13.5 Å². The maximum atomic E-state index is 11.9. The molecule has 8 nitrogen and oxygen atoms in total. The maximum Gasteiger partial charge on any atom is 0.333 e. The average molecular weight is 376 g/mol. The van der Waals surface area contributed by atoms with E-state index in [0.717, 1.165) is 6.08 Å². The van der Waals surface area contributed by atoms with Gasteiger partial charge in [0.05, 0.1) is 10.3 Å². The van der Waals surface area contributed by atoms with Crippen molar-refractivity contribution in [3.63, 3.8) is 0 Å². The molecule has 0 amide bonds. The first-order chi connectivity index (χ1) is 11.0. The monoisotopic (exact) mass is 376 g/mol. The molecule has 1 aromatic rings. The molecule has 0 heterocycles. The topological polar surface area (TPSA) is 124 Å². The predicted octanol–water partition coefficient (Wildman–Crippen LogP) is 1.37. The second kappa shape index (κ2) is 8.20. The standard InChI is InChI=1S/C14H16O8S2/c1-11(2)14(15)21-8-9-22-24(19,20)13-5-3-12(4-6-13)7-10-23(16,17)18/h3-7,10H,1,8-9H2,2H3,(H,16,17,18). The zero-order chi connectivity index (χ0) is 18.4. The molecule has 0 aliphatic rings. The number of benzene rings is 1. The highest BCUT2D eigenvalue weighted by molar-refractivity contribution is 7.88. The molecule has 0 fully saturated rings. The minimum absolute atomic E-state index is 0.155. The Morgan fingerprint density at radius 3 is 2.25 bits per heavy atom. The maximum absolute atomic E-state index is 11.9. The van der Waals surface area contributed by atoms with Crippen LogP contribution in [-0.2, 0) is 34.0 Å².